The van der Waals surface area contributed by atoms with Gasteiger partial charge in [-0.25, -0.2) is 4.39 Å². The van der Waals surface area contributed by atoms with Gasteiger partial charge < -0.3 is 14.8 Å². The normalized spacial score (nSPS) is 23.5. The molecule has 0 aliphatic carbocycles. The summed E-state index contributed by atoms with van der Waals surface area (Å²) < 4.78 is 25.7. The highest BCUT2D eigenvalue weighted by Gasteiger charge is 2.32. The third-order valence-electron chi connectivity index (χ3n) is 3.15. The van der Waals surface area contributed by atoms with E-state index in [4.69, 9.17) is 9.47 Å². The predicted molar refractivity (Wildman–Crippen MR) is 75.4 cm³/mol. The Balaban J connectivity index is 1.89. The van der Waals surface area contributed by atoms with Crippen LogP contribution in [0.25, 0.3) is 0 Å². The Morgan fingerprint density at radius 1 is 1.53 bits per heavy atom. The molecule has 1 aliphatic heterocycles. The van der Waals surface area contributed by atoms with Gasteiger partial charge in [0.05, 0.1) is 12.7 Å². The van der Waals surface area contributed by atoms with Gasteiger partial charge in [0.15, 0.2) is 5.79 Å². The molecule has 1 saturated heterocycles. The van der Waals surface area contributed by atoms with Gasteiger partial charge in [0, 0.05) is 22.6 Å². The van der Waals surface area contributed by atoms with Crippen LogP contribution >= 0.6 is 15.9 Å². The summed E-state index contributed by atoms with van der Waals surface area (Å²) >= 11 is 3.25. The first-order valence-corrected chi connectivity index (χ1v) is 7.17. The van der Waals surface area contributed by atoms with E-state index < -0.39 is 5.79 Å². The first-order valence-electron chi connectivity index (χ1n) is 6.37. The Kier molecular flexibility index (Phi) is 4.61. The summed E-state index contributed by atoms with van der Waals surface area (Å²) in [7, 11) is 0. The highest BCUT2D eigenvalue weighted by molar-refractivity contribution is 9.10. The third kappa shape index (κ3) is 3.99. The van der Waals surface area contributed by atoms with Crippen LogP contribution in [0.1, 0.15) is 32.4 Å². The lowest BCUT2D eigenvalue weighted by molar-refractivity contribution is -0.137. The summed E-state index contributed by atoms with van der Waals surface area (Å²) in [4.78, 5) is 0. The van der Waals surface area contributed by atoms with Crippen LogP contribution in [-0.2, 0) is 9.47 Å². The van der Waals surface area contributed by atoms with Gasteiger partial charge in [0.25, 0.3) is 0 Å². The fraction of sp³-hybridized carbons (Fsp3) is 0.571. The van der Waals surface area contributed by atoms with E-state index in [1.54, 1.807) is 6.07 Å². The largest absolute Gasteiger partial charge is 0.348 e. The molecule has 2 rings (SSSR count). The zero-order chi connectivity index (χ0) is 14.0. The number of hydrogen-bond acceptors (Lipinski definition) is 3. The molecule has 2 atom stereocenters. The van der Waals surface area contributed by atoms with Gasteiger partial charge in [-0.3, -0.25) is 0 Å². The van der Waals surface area contributed by atoms with Crippen LogP contribution in [0, 0.1) is 5.82 Å². The van der Waals surface area contributed by atoms with E-state index in [9.17, 15) is 4.39 Å². The maximum atomic E-state index is 13.8. The number of nitrogens with one attached hydrogen (secondary N) is 1. The summed E-state index contributed by atoms with van der Waals surface area (Å²) in [5, 5.41) is 3.28. The number of ether oxygens (including phenoxy) is 2. The number of benzene rings is 1. The molecule has 106 valence electrons. The van der Waals surface area contributed by atoms with Crippen molar-refractivity contribution in [3.8, 4) is 0 Å². The zero-order valence-corrected chi connectivity index (χ0v) is 13.0. The molecule has 3 nitrogen and oxygen atoms in total. The van der Waals surface area contributed by atoms with Gasteiger partial charge in [0.2, 0.25) is 0 Å². The van der Waals surface area contributed by atoms with E-state index in [0.717, 1.165) is 4.47 Å². The SMILES string of the molecule is CC(NCC1COC(C)(C)O1)c1ccc(Br)cc1F. The molecule has 5 heteroatoms. The van der Waals surface area contributed by atoms with E-state index in [1.165, 1.54) is 6.07 Å². The maximum absolute atomic E-state index is 13.8. The minimum Gasteiger partial charge on any atom is -0.348 e. The second kappa shape index (κ2) is 5.87. The first kappa shape index (κ1) is 14.9. The average molecular weight is 332 g/mol. The average Bonchev–Trinajstić information content (AvgIpc) is 2.66. The van der Waals surface area contributed by atoms with Crippen molar-refractivity contribution in [2.24, 2.45) is 0 Å². The lowest BCUT2D eigenvalue weighted by atomic mass is 10.1. The van der Waals surface area contributed by atoms with Crippen molar-refractivity contribution < 1.29 is 13.9 Å². The molecule has 0 bridgehead atoms. The molecule has 1 heterocycles. The van der Waals surface area contributed by atoms with E-state index in [1.807, 2.05) is 26.8 Å². The van der Waals surface area contributed by atoms with Gasteiger partial charge in [-0.05, 0) is 32.9 Å². The number of rotatable bonds is 4. The molecule has 1 N–H and O–H groups in total. The Morgan fingerprint density at radius 3 is 2.84 bits per heavy atom. The minimum absolute atomic E-state index is 0.0101. The summed E-state index contributed by atoms with van der Waals surface area (Å²) in [6, 6.07) is 5.04. The summed E-state index contributed by atoms with van der Waals surface area (Å²) in [6.45, 7) is 6.93. The Hall–Kier alpha value is -0.490. The maximum Gasteiger partial charge on any atom is 0.163 e. The Morgan fingerprint density at radius 2 is 2.26 bits per heavy atom. The second-order valence-electron chi connectivity index (χ2n) is 5.25. The molecule has 19 heavy (non-hydrogen) atoms. The smallest absolute Gasteiger partial charge is 0.163 e. The molecule has 2 unspecified atom stereocenters. The second-order valence-corrected chi connectivity index (χ2v) is 6.16. The van der Waals surface area contributed by atoms with E-state index in [-0.39, 0.29) is 18.0 Å². The van der Waals surface area contributed by atoms with Gasteiger partial charge in [-0.2, -0.15) is 0 Å². The number of halogens is 2. The molecule has 1 fully saturated rings. The van der Waals surface area contributed by atoms with Gasteiger partial charge in [0.1, 0.15) is 5.82 Å². The highest BCUT2D eigenvalue weighted by atomic mass is 79.9. The monoisotopic (exact) mass is 331 g/mol. The molecule has 1 aromatic carbocycles. The quantitative estimate of drug-likeness (QED) is 0.917. The van der Waals surface area contributed by atoms with Crippen molar-refractivity contribution in [3.63, 3.8) is 0 Å². The molecule has 0 amide bonds. The molecular formula is C14H19BrFNO2. The van der Waals surface area contributed by atoms with Crippen LogP contribution in [0.4, 0.5) is 4.39 Å². The third-order valence-corrected chi connectivity index (χ3v) is 3.64. The van der Waals surface area contributed by atoms with Crippen LogP contribution < -0.4 is 5.32 Å². The van der Waals surface area contributed by atoms with Crippen LogP contribution in [0.15, 0.2) is 22.7 Å². The van der Waals surface area contributed by atoms with Crippen molar-refractivity contribution >= 4 is 15.9 Å². The van der Waals surface area contributed by atoms with Crippen molar-refractivity contribution in [1.29, 1.82) is 0 Å². The van der Waals surface area contributed by atoms with Crippen LogP contribution in [-0.4, -0.2) is 25.0 Å². The van der Waals surface area contributed by atoms with Gasteiger partial charge in [-0.15, -0.1) is 0 Å². The first-order chi connectivity index (χ1) is 8.87. The Bertz CT molecular complexity index is 453. The lowest BCUT2D eigenvalue weighted by Crippen LogP contribution is -2.32. The predicted octanol–water partition coefficient (Wildman–Crippen LogP) is 3.39. The lowest BCUT2D eigenvalue weighted by Gasteiger charge is -2.20. The summed E-state index contributed by atoms with van der Waals surface area (Å²) in [5.74, 6) is -0.725. The molecule has 0 aromatic heterocycles. The van der Waals surface area contributed by atoms with E-state index in [2.05, 4.69) is 21.2 Å². The minimum atomic E-state index is -0.515. The van der Waals surface area contributed by atoms with Crippen molar-refractivity contribution in [2.75, 3.05) is 13.2 Å². The number of hydrogen-bond donors (Lipinski definition) is 1. The van der Waals surface area contributed by atoms with Crippen molar-refractivity contribution in [3.05, 3.63) is 34.1 Å². The molecule has 0 radical (unpaired) electrons. The van der Waals surface area contributed by atoms with E-state index >= 15 is 0 Å². The summed E-state index contributed by atoms with van der Waals surface area (Å²) in [6.07, 6.45) is 0.0101. The molecule has 1 aromatic rings. The van der Waals surface area contributed by atoms with Gasteiger partial charge in [-0.1, -0.05) is 22.0 Å². The van der Waals surface area contributed by atoms with Crippen molar-refractivity contribution in [1.82, 2.24) is 5.32 Å². The fourth-order valence-electron chi connectivity index (χ4n) is 2.13. The molecule has 0 spiro atoms. The fourth-order valence-corrected chi connectivity index (χ4v) is 2.47. The van der Waals surface area contributed by atoms with Gasteiger partial charge >= 0.3 is 0 Å². The topological polar surface area (TPSA) is 30.5 Å². The standard InChI is InChI=1S/C14H19BrFNO2/c1-9(12-5-4-10(15)6-13(12)16)17-7-11-8-18-14(2,3)19-11/h4-6,9,11,17H,7-8H2,1-3H3. The Labute approximate surface area is 121 Å². The van der Waals surface area contributed by atoms with E-state index in [0.29, 0.717) is 18.7 Å². The van der Waals surface area contributed by atoms with Crippen LogP contribution in [0.3, 0.4) is 0 Å². The summed E-state index contributed by atoms with van der Waals surface area (Å²) in [5.41, 5.74) is 0.654. The molecule has 1 aliphatic rings. The van der Waals surface area contributed by atoms with Crippen LogP contribution in [0.2, 0.25) is 0 Å². The molecule has 0 saturated carbocycles. The zero-order valence-electron chi connectivity index (χ0n) is 11.4. The van der Waals surface area contributed by atoms with Crippen molar-refractivity contribution in [2.45, 2.75) is 38.7 Å². The molecular weight excluding hydrogens is 313 g/mol. The highest BCUT2D eigenvalue weighted by Crippen LogP contribution is 2.24. The van der Waals surface area contributed by atoms with Crippen LogP contribution in [0.5, 0.6) is 0 Å².